The molecule has 0 aliphatic heterocycles. The van der Waals surface area contributed by atoms with Crippen molar-refractivity contribution in [3.05, 3.63) is 29.3 Å². The Bertz CT molecular complexity index is 376. The zero-order valence-corrected chi connectivity index (χ0v) is 7.02. The van der Waals surface area contributed by atoms with Gasteiger partial charge in [0.2, 0.25) is 0 Å². The molecule has 0 aliphatic rings. The quantitative estimate of drug-likeness (QED) is 0.545. The topological polar surface area (TPSA) is 40.5 Å². The molecule has 0 heterocycles. The molecule has 0 unspecified atom stereocenters. The van der Waals surface area contributed by atoms with Crippen LogP contribution in [0.3, 0.4) is 0 Å². The van der Waals surface area contributed by atoms with Gasteiger partial charge in [-0.2, -0.15) is 13.2 Å². The van der Waals surface area contributed by atoms with Gasteiger partial charge in [-0.25, -0.2) is 8.78 Å². The predicted molar refractivity (Wildman–Crippen MR) is 41.2 cm³/mol. The Balaban J connectivity index is 3.53. The van der Waals surface area contributed by atoms with Crippen LogP contribution in [0.5, 0.6) is 0 Å². The van der Waals surface area contributed by atoms with Crippen LogP contribution in [-0.2, 0) is 6.18 Å². The van der Waals surface area contributed by atoms with Crippen molar-refractivity contribution < 1.29 is 32.0 Å². The van der Waals surface area contributed by atoms with Crippen molar-refractivity contribution in [2.75, 3.05) is 0 Å². The van der Waals surface area contributed by atoms with E-state index in [1.54, 1.807) is 0 Å². The van der Waals surface area contributed by atoms with Crippen LogP contribution in [-0.4, -0.2) is 17.2 Å². The second kappa shape index (κ2) is 3.78. The van der Waals surface area contributed by atoms with Crippen LogP contribution in [0.2, 0.25) is 0 Å². The predicted octanol–water partition coefficient (Wildman–Crippen LogP) is 0.663. The molecule has 2 nitrogen and oxygen atoms in total. The molecule has 15 heavy (non-hydrogen) atoms. The summed E-state index contributed by atoms with van der Waals surface area (Å²) in [6, 6.07) is 0.656. The van der Waals surface area contributed by atoms with Gasteiger partial charge in [-0.3, -0.25) is 0 Å². The summed E-state index contributed by atoms with van der Waals surface area (Å²) in [6.07, 6.45) is -5.19. The van der Waals surface area contributed by atoms with Gasteiger partial charge in [0, 0.05) is 5.46 Å². The van der Waals surface area contributed by atoms with Gasteiger partial charge in [0.15, 0.2) is 0 Å². The first-order valence-electron chi connectivity index (χ1n) is 3.66. The van der Waals surface area contributed by atoms with Crippen LogP contribution in [0, 0.1) is 11.6 Å². The number of rotatable bonds is 1. The zero-order chi connectivity index (χ0) is 11.8. The van der Waals surface area contributed by atoms with Gasteiger partial charge >= 0.3 is 13.3 Å². The highest BCUT2D eigenvalue weighted by Crippen LogP contribution is 2.30. The monoisotopic (exact) mass is 226 g/mol. The normalized spacial score (nSPS) is 11.7. The number of hydrogen-bond donors (Lipinski definition) is 2. The Hall–Kier alpha value is -1.15. The number of hydrogen-bond acceptors (Lipinski definition) is 2. The van der Waals surface area contributed by atoms with Crippen molar-refractivity contribution in [3.63, 3.8) is 0 Å². The molecule has 1 aromatic rings. The molecule has 0 spiro atoms. The molecule has 8 heteroatoms. The lowest BCUT2D eigenvalue weighted by Gasteiger charge is -2.13. The average Bonchev–Trinajstić information content (AvgIpc) is 2.05. The molecule has 0 radical (unpaired) electrons. The fourth-order valence-electron chi connectivity index (χ4n) is 1.11. The fourth-order valence-corrected chi connectivity index (χ4v) is 1.11. The highest BCUT2D eigenvalue weighted by Gasteiger charge is 2.41. The average molecular weight is 226 g/mol. The molecule has 0 aliphatic carbocycles. The molecule has 0 aromatic heterocycles. The maximum atomic E-state index is 12.8. The Labute approximate surface area is 81.1 Å². The summed E-state index contributed by atoms with van der Waals surface area (Å²) < 4.78 is 62.3. The molecule has 0 saturated carbocycles. The lowest BCUT2D eigenvalue weighted by atomic mass is 9.76. The van der Waals surface area contributed by atoms with Gasteiger partial charge < -0.3 is 10.0 Å². The Morgan fingerprint density at radius 1 is 1.00 bits per heavy atom. The lowest BCUT2D eigenvalue weighted by Crippen LogP contribution is -2.39. The summed E-state index contributed by atoms with van der Waals surface area (Å²) in [5.74, 6) is -3.29. The molecule has 0 saturated heterocycles. The Morgan fingerprint density at radius 3 is 1.80 bits per heavy atom. The zero-order valence-electron chi connectivity index (χ0n) is 7.02. The second-order valence-corrected chi connectivity index (χ2v) is 2.69. The highest BCUT2D eigenvalue weighted by molar-refractivity contribution is 6.59. The van der Waals surface area contributed by atoms with Crippen LogP contribution in [0.1, 0.15) is 5.56 Å². The van der Waals surface area contributed by atoms with Crippen LogP contribution in [0.4, 0.5) is 22.0 Å². The van der Waals surface area contributed by atoms with E-state index in [1.807, 2.05) is 0 Å². The van der Waals surface area contributed by atoms with Gasteiger partial charge in [-0.1, -0.05) is 0 Å². The molecule has 0 bridgehead atoms. The summed E-state index contributed by atoms with van der Waals surface area (Å²) in [6.45, 7) is 0. The van der Waals surface area contributed by atoms with Crippen LogP contribution >= 0.6 is 0 Å². The van der Waals surface area contributed by atoms with Crippen LogP contribution in [0.15, 0.2) is 12.1 Å². The Morgan fingerprint density at radius 2 is 1.47 bits per heavy atom. The number of alkyl halides is 3. The van der Waals surface area contributed by atoms with Gasteiger partial charge in [0.05, 0.1) is 5.56 Å². The van der Waals surface area contributed by atoms with E-state index in [4.69, 9.17) is 10.0 Å². The summed E-state index contributed by atoms with van der Waals surface area (Å²) in [5.41, 5.74) is -3.51. The van der Waals surface area contributed by atoms with Gasteiger partial charge in [0.25, 0.3) is 0 Å². The SMILES string of the molecule is OB(O)c1c(F)ccc(F)c1C(F)(F)F. The molecule has 82 valence electrons. The van der Waals surface area contributed by atoms with Crippen molar-refractivity contribution in [3.8, 4) is 0 Å². The van der Waals surface area contributed by atoms with Gasteiger partial charge in [-0.05, 0) is 12.1 Å². The summed E-state index contributed by atoms with van der Waals surface area (Å²) in [5, 5.41) is 17.0. The summed E-state index contributed by atoms with van der Waals surface area (Å²) in [7, 11) is -2.72. The first kappa shape index (κ1) is 11.9. The van der Waals surface area contributed by atoms with Crippen LogP contribution in [0.25, 0.3) is 0 Å². The van der Waals surface area contributed by atoms with Crippen molar-refractivity contribution in [1.82, 2.24) is 0 Å². The van der Waals surface area contributed by atoms with E-state index in [9.17, 15) is 22.0 Å². The highest BCUT2D eigenvalue weighted by atomic mass is 19.4. The third-order valence-electron chi connectivity index (χ3n) is 1.68. The van der Waals surface area contributed by atoms with Crippen LogP contribution < -0.4 is 5.46 Å². The van der Waals surface area contributed by atoms with E-state index in [-0.39, 0.29) is 6.07 Å². The molecule has 0 amide bonds. The maximum Gasteiger partial charge on any atom is 0.492 e. The number of benzene rings is 1. The standard InChI is InChI=1S/C7H4BF5O2/c9-3-1-2-4(10)6(8(14)15)5(3)7(11,12)13/h1-2,14-15H. The largest absolute Gasteiger partial charge is 0.492 e. The van der Waals surface area contributed by atoms with E-state index < -0.39 is 36.0 Å². The first-order chi connectivity index (χ1) is 6.75. The van der Waals surface area contributed by atoms with E-state index in [0.29, 0.717) is 6.07 Å². The minimum absolute atomic E-state index is 0.268. The van der Waals surface area contributed by atoms with E-state index in [1.165, 1.54) is 0 Å². The third kappa shape index (κ3) is 2.27. The van der Waals surface area contributed by atoms with Crippen molar-refractivity contribution in [2.45, 2.75) is 6.18 Å². The lowest BCUT2D eigenvalue weighted by molar-refractivity contribution is -0.139. The van der Waals surface area contributed by atoms with Crippen molar-refractivity contribution in [2.24, 2.45) is 0 Å². The molecule has 1 rings (SSSR count). The molecule has 0 atom stereocenters. The first-order valence-corrected chi connectivity index (χ1v) is 3.66. The van der Waals surface area contributed by atoms with E-state index in [0.717, 1.165) is 0 Å². The molecular formula is C7H4BF5O2. The van der Waals surface area contributed by atoms with Crippen molar-refractivity contribution >= 4 is 12.6 Å². The third-order valence-corrected chi connectivity index (χ3v) is 1.68. The summed E-state index contributed by atoms with van der Waals surface area (Å²) >= 11 is 0. The summed E-state index contributed by atoms with van der Waals surface area (Å²) in [4.78, 5) is 0. The minimum atomic E-state index is -5.19. The fraction of sp³-hybridized carbons (Fsp3) is 0.143. The maximum absolute atomic E-state index is 12.8. The molecule has 1 aromatic carbocycles. The number of halogens is 5. The van der Waals surface area contributed by atoms with Gasteiger partial charge in [0.1, 0.15) is 11.6 Å². The second-order valence-electron chi connectivity index (χ2n) is 2.69. The molecule has 0 fully saturated rings. The Kier molecular flexibility index (Phi) is 3.01. The smallest absolute Gasteiger partial charge is 0.423 e. The van der Waals surface area contributed by atoms with Crippen molar-refractivity contribution in [1.29, 1.82) is 0 Å². The van der Waals surface area contributed by atoms with Gasteiger partial charge in [-0.15, -0.1) is 0 Å². The minimum Gasteiger partial charge on any atom is -0.423 e. The van der Waals surface area contributed by atoms with E-state index in [2.05, 4.69) is 0 Å². The van der Waals surface area contributed by atoms with E-state index >= 15 is 0 Å². The molecular weight excluding hydrogens is 222 g/mol. The molecule has 2 N–H and O–H groups in total.